The summed E-state index contributed by atoms with van der Waals surface area (Å²) in [5, 5.41) is 52.0. The first-order valence-electron chi connectivity index (χ1n) is 8.91. The predicted molar refractivity (Wildman–Crippen MR) is 95.4 cm³/mol. The summed E-state index contributed by atoms with van der Waals surface area (Å²) < 4.78 is 5.99. The summed E-state index contributed by atoms with van der Waals surface area (Å²) in [6, 6.07) is 13.0. The summed E-state index contributed by atoms with van der Waals surface area (Å²) in [5.74, 6) is 0. The highest BCUT2D eigenvalue weighted by Crippen LogP contribution is 2.43. The minimum atomic E-state index is -1.45. The molecule has 0 radical (unpaired) electrons. The van der Waals surface area contributed by atoms with Crippen LogP contribution in [-0.4, -0.2) is 49.9 Å². The molecule has 0 saturated heterocycles. The smallest absolute Gasteiger partial charge is 0.113 e. The van der Waals surface area contributed by atoms with Crippen molar-refractivity contribution < 1.29 is 30.3 Å². The summed E-state index contributed by atoms with van der Waals surface area (Å²) in [4.78, 5) is 0. The van der Waals surface area contributed by atoms with Gasteiger partial charge in [0.1, 0.15) is 42.7 Å². The van der Waals surface area contributed by atoms with E-state index >= 15 is 0 Å². The summed E-state index contributed by atoms with van der Waals surface area (Å²) >= 11 is 0. The number of aliphatic hydroxyl groups excluding tert-OH is 5. The Bertz CT molecular complexity index is 830. The molecule has 2 aliphatic carbocycles. The Hall–Kier alpha value is -1.84. The normalized spacial score (nSPS) is 38.1. The van der Waals surface area contributed by atoms with Crippen LogP contribution in [0, 0.1) is 0 Å². The number of fused-ring (bicyclic) bond motifs is 2. The van der Waals surface area contributed by atoms with E-state index < -0.39 is 48.8 Å². The Kier molecular flexibility index (Phi) is 4.77. The van der Waals surface area contributed by atoms with Crippen LogP contribution < -0.4 is 5.73 Å². The monoisotopic (exact) mass is 373 g/mol. The largest absolute Gasteiger partial charge is 0.387 e. The van der Waals surface area contributed by atoms with Crippen molar-refractivity contribution in [3.8, 4) is 0 Å². The van der Waals surface area contributed by atoms with Gasteiger partial charge in [-0.2, -0.15) is 0 Å². The minimum Gasteiger partial charge on any atom is -0.387 e. The fourth-order valence-electron chi connectivity index (χ4n) is 4.10. The van der Waals surface area contributed by atoms with Crippen molar-refractivity contribution in [3.05, 3.63) is 70.8 Å². The van der Waals surface area contributed by atoms with Crippen molar-refractivity contribution in [1.82, 2.24) is 0 Å². The summed E-state index contributed by atoms with van der Waals surface area (Å²) in [6.45, 7) is 0. The van der Waals surface area contributed by atoms with Crippen LogP contribution in [0.4, 0.5) is 0 Å². The average Bonchev–Trinajstić information content (AvgIpc) is 2.70. The van der Waals surface area contributed by atoms with Gasteiger partial charge in [0.25, 0.3) is 0 Å². The molecule has 2 aliphatic rings. The SMILES string of the molecule is N[C@H]1c2ccccc2[C@@H](O)[C@@H](O)[C@@H]1O[C@H]1c2ccccc2[C@@H](O)[C@@H](O)[C@@H]1O. The van der Waals surface area contributed by atoms with E-state index in [1.165, 1.54) is 0 Å². The van der Waals surface area contributed by atoms with Gasteiger partial charge in [0, 0.05) is 0 Å². The number of hydrogen-bond acceptors (Lipinski definition) is 7. The van der Waals surface area contributed by atoms with E-state index in [0.29, 0.717) is 22.3 Å². The first kappa shape index (κ1) is 18.5. The van der Waals surface area contributed by atoms with Crippen molar-refractivity contribution in [3.63, 3.8) is 0 Å². The van der Waals surface area contributed by atoms with Crippen molar-refractivity contribution >= 4 is 0 Å². The van der Waals surface area contributed by atoms with Crippen LogP contribution in [0.25, 0.3) is 0 Å². The van der Waals surface area contributed by atoms with E-state index in [1.54, 1.807) is 48.5 Å². The molecule has 0 amide bonds. The van der Waals surface area contributed by atoms with Gasteiger partial charge in [0.05, 0.1) is 6.04 Å². The molecule has 0 aromatic heterocycles. The highest BCUT2D eigenvalue weighted by molar-refractivity contribution is 5.38. The Morgan fingerprint density at radius 2 is 1.11 bits per heavy atom. The molecule has 7 N–H and O–H groups in total. The molecule has 0 spiro atoms. The zero-order valence-corrected chi connectivity index (χ0v) is 14.5. The topological polar surface area (TPSA) is 136 Å². The molecule has 8 atom stereocenters. The molecular weight excluding hydrogens is 350 g/mol. The van der Waals surface area contributed by atoms with E-state index in [0.717, 1.165) is 0 Å². The summed E-state index contributed by atoms with van der Waals surface area (Å²) in [5.41, 5.74) is 8.44. The average molecular weight is 373 g/mol. The lowest BCUT2D eigenvalue weighted by molar-refractivity contribution is -0.190. The standard InChI is InChI=1S/C20H23NO6/c21-13-9-5-1-2-6-10(9)15(23)17(25)20(13)27-19-12-8-4-3-7-11(12)14(22)16(24)18(19)26/h1-8,13-20,22-26H,21H2/t13-,14+,15+,16+,17+,18-,19-,20+/m0/s1. The predicted octanol–water partition coefficient (Wildman–Crippen LogP) is -0.0104. The number of ether oxygens (including phenoxy) is 1. The maximum atomic E-state index is 10.6. The van der Waals surface area contributed by atoms with Gasteiger partial charge in [0.2, 0.25) is 0 Å². The number of aliphatic hydroxyl groups is 5. The van der Waals surface area contributed by atoms with Crippen molar-refractivity contribution in [2.45, 2.75) is 48.8 Å². The third-order valence-corrected chi connectivity index (χ3v) is 5.60. The molecule has 0 aliphatic heterocycles. The summed E-state index contributed by atoms with van der Waals surface area (Å²) in [6.07, 6.45) is -8.61. The molecule has 144 valence electrons. The third kappa shape index (κ3) is 2.88. The van der Waals surface area contributed by atoms with E-state index in [-0.39, 0.29) is 0 Å². The van der Waals surface area contributed by atoms with Gasteiger partial charge in [-0.1, -0.05) is 48.5 Å². The lowest BCUT2D eigenvalue weighted by Crippen LogP contribution is -2.50. The fourth-order valence-corrected chi connectivity index (χ4v) is 4.10. The molecule has 7 heteroatoms. The number of rotatable bonds is 2. The van der Waals surface area contributed by atoms with E-state index in [1.807, 2.05) is 0 Å². The van der Waals surface area contributed by atoms with Gasteiger partial charge >= 0.3 is 0 Å². The lowest BCUT2D eigenvalue weighted by atomic mass is 9.80. The molecule has 4 rings (SSSR count). The Morgan fingerprint density at radius 3 is 1.74 bits per heavy atom. The fraction of sp³-hybridized carbons (Fsp3) is 0.400. The van der Waals surface area contributed by atoms with E-state index in [4.69, 9.17) is 10.5 Å². The van der Waals surface area contributed by atoms with Gasteiger partial charge in [-0.25, -0.2) is 0 Å². The van der Waals surface area contributed by atoms with Crippen molar-refractivity contribution in [1.29, 1.82) is 0 Å². The van der Waals surface area contributed by atoms with Crippen LogP contribution in [0.2, 0.25) is 0 Å². The molecular formula is C20H23NO6. The van der Waals surface area contributed by atoms with Crippen LogP contribution >= 0.6 is 0 Å². The molecule has 0 heterocycles. The van der Waals surface area contributed by atoms with Crippen LogP contribution in [0.3, 0.4) is 0 Å². The Morgan fingerprint density at radius 1 is 0.630 bits per heavy atom. The van der Waals surface area contributed by atoms with E-state index in [9.17, 15) is 25.5 Å². The van der Waals surface area contributed by atoms with Gasteiger partial charge in [-0.15, -0.1) is 0 Å². The van der Waals surface area contributed by atoms with Crippen molar-refractivity contribution in [2.24, 2.45) is 5.73 Å². The molecule has 0 unspecified atom stereocenters. The zero-order chi connectivity index (χ0) is 19.3. The maximum absolute atomic E-state index is 10.6. The molecule has 27 heavy (non-hydrogen) atoms. The lowest BCUT2D eigenvalue weighted by Gasteiger charge is -2.43. The highest BCUT2D eigenvalue weighted by atomic mass is 16.5. The molecule has 2 aromatic carbocycles. The number of benzene rings is 2. The van der Waals surface area contributed by atoms with E-state index in [2.05, 4.69) is 0 Å². The second-order valence-electron chi connectivity index (χ2n) is 7.17. The number of nitrogens with two attached hydrogens (primary N) is 1. The second kappa shape index (κ2) is 6.96. The quantitative estimate of drug-likeness (QED) is 0.436. The molecule has 7 nitrogen and oxygen atoms in total. The van der Waals surface area contributed by atoms with Gasteiger partial charge in [-0.05, 0) is 22.3 Å². The van der Waals surface area contributed by atoms with Crippen molar-refractivity contribution in [2.75, 3.05) is 0 Å². The first-order valence-corrected chi connectivity index (χ1v) is 8.91. The van der Waals surface area contributed by atoms with Crippen LogP contribution in [0.15, 0.2) is 48.5 Å². The van der Waals surface area contributed by atoms with Crippen LogP contribution in [0.1, 0.15) is 46.6 Å². The molecule has 0 bridgehead atoms. The number of hydrogen-bond donors (Lipinski definition) is 6. The minimum absolute atomic E-state index is 0.445. The van der Waals surface area contributed by atoms with Crippen LogP contribution in [-0.2, 0) is 4.74 Å². The highest BCUT2D eigenvalue weighted by Gasteiger charge is 2.46. The summed E-state index contributed by atoms with van der Waals surface area (Å²) in [7, 11) is 0. The maximum Gasteiger partial charge on any atom is 0.113 e. The molecule has 0 fully saturated rings. The van der Waals surface area contributed by atoms with Crippen LogP contribution in [0.5, 0.6) is 0 Å². The zero-order valence-electron chi connectivity index (χ0n) is 14.5. The molecule has 2 aromatic rings. The third-order valence-electron chi connectivity index (χ3n) is 5.60. The van der Waals surface area contributed by atoms with Gasteiger partial charge < -0.3 is 36.0 Å². The molecule has 0 saturated carbocycles. The second-order valence-corrected chi connectivity index (χ2v) is 7.17. The van der Waals surface area contributed by atoms with Gasteiger partial charge in [0.15, 0.2) is 0 Å². The first-order chi connectivity index (χ1) is 12.9. The Labute approximate surface area is 156 Å². The van der Waals surface area contributed by atoms with Gasteiger partial charge in [-0.3, -0.25) is 0 Å². The Balaban J connectivity index is 1.70.